The van der Waals surface area contributed by atoms with E-state index < -0.39 is 11.9 Å². The topological polar surface area (TPSA) is 105 Å². The molecule has 0 saturated heterocycles. The van der Waals surface area contributed by atoms with E-state index in [2.05, 4.69) is 20.0 Å². The SMILES string of the molecule is COC(=O)c1cccc(OCC(=O)Nc2nc3ccc(Oc4ccc(C)cc4)nc3n2C)c1. The molecule has 2 heterocycles. The highest BCUT2D eigenvalue weighted by atomic mass is 16.5. The third-order valence-corrected chi connectivity index (χ3v) is 4.81. The first-order chi connectivity index (χ1) is 15.9. The molecule has 0 bridgehead atoms. The molecule has 4 rings (SSSR count). The first kappa shape index (κ1) is 21.8. The zero-order valence-corrected chi connectivity index (χ0v) is 18.4. The molecule has 1 N–H and O–H groups in total. The van der Waals surface area contributed by atoms with E-state index in [4.69, 9.17) is 9.47 Å². The summed E-state index contributed by atoms with van der Waals surface area (Å²) in [5, 5.41) is 2.71. The average Bonchev–Trinajstić information content (AvgIpc) is 3.13. The van der Waals surface area contributed by atoms with Crippen molar-refractivity contribution in [3.05, 3.63) is 71.8 Å². The van der Waals surface area contributed by atoms with Gasteiger partial charge in [0.15, 0.2) is 12.3 Å². The molecule has 33 heavy (non-hydrogen) atoms. The quantitative estimate of drug-likeness (QED) is 0.430. The minimum Gasteiger partial charge on any atom is -0.484 e. The fourth-order valence-corrected chi connectivity index (χ4v) is 3.08. The van der Waals surface area contributed by atoms with Crippen LogP contribution in [0.3, 0.4) is 0 Å². The number of aryl methyl sites for hydroxylation is 2. The number of ether oxygens (including phenoxy) is 3. The van der Waals surface area contributed by atoms with Gasteiger partial charge in [-0.15, -0.1) is 0 Å². The van der Waals surface area contributed by atoms with Crippen LogP contribution in [0.1, 0.15) is 15.9 Å². The number of rotatable bonds is 7. The highest BCUT2D eigenvalue weighted by molar-refractivity contribution is 5.92. The molecule has 0 fully saturated rings. The molecule has 4 aromatic rings. The Kier molecular flexibility index (Phi) is 6.21. The third kappa shape index (κ3) is 5.09. The van der Waals surface area contributed by atoms with Gasteiger partial charge in [0.25, 0.3) is 5.91 Å². The summed E-state index contributed by atoms with van der Waals surface area (Å²) >= 11 is 0. The van der Waals surface area contributed by atoms with Crippen molar-refractivity contribution in [1.82, 2.24) is 14.5 Å². The maximum atomic E-state index is 12.4. The summed E-state index contributed by atoms with van der Waals surface area (Å²) in [4.78, 5) is 32.9. The highest BCUT2D eigenvalue weighted by Crippen LogP contribution is 2.24. The summed E-state index contributed by atoms with van der Waals surface area (Å²) in [5.41, 5.74) is 2.63. The van der Waals surface area contributed by atoms with Gasteiger partial charge in [0.2, 0.25) is 11.8 Å². The van der Waals surface area contributed by atoms with Crippen molar-refractivity contribution in [2.24, 2.45) is 7.05 Å². The van der Waals surface area contributed by atoms with E-state index in [-0.39, 0.29) is 6.61 Å². The van der Waals surface area contributed by atoms with Crippen LogP contribution in [0.2, 0.25) is 0 Å². The number of hydrogen-bond donors (Lipinski definition) is 1. The van der Waals surface area contributed by atoms with Crippen LogP contribution in [0.15, 0.2) is 60.7 Å². The monoisotopic (exact) mass is 446 g/mol. The van der Waals surface area contributed by atoms with Gasteiger partial charge in [-0.2, -0.15) is 4.98 Å². The Hall–Kier alpha value is -4.40. The maximum Gasteiger partial charge on any atom is 0.337 e. The summed E-state index contributed by atoms with van der Waals surface area (Å²) in [7, 11) is 3.04. The molecule has 9 heteroatoms. The van der Waals surface area contributed by atoms with Gasteiger partial charge < -0.3 is 14.2 Å². The predicted octanol–water partition coefficient (Wildman–Crippen LogP) is 3.87. The van der Waals surface area contributed by atoms with Gasteiger partial charge in [-0.3, -0.25) is 14.7 Å². The summed E-state index contributed by atoms with van der Waals surface area (Å²) in [5.74, 6) is 0.896. The summed E-state index contributed by atoms with van der Waals surface area (Å²) in [6.45, 7) is 1.74. The van der Waals surface area contributed by atoms with Gasteiger partial charge in [-0.05, 0) is 43.3 Å². The van der Waals surface area contributed by atoms with Crippen molar-refractivity contribution in [3.63, 3.8) is 0 Å². The van der Waals surface area contributed by atoms with E-state index in [0.717, 1.165) is 5.56 Å². The second-order valence-corrected chi connectivity index (χ2v) is 7.26. The smallest absolute Gasteiger partial charge is 0.337 e. The maximum absolute atomic E-state index is 12.4. The number of nitrogens with zero attached hydrogens (tertiary/aromatic N) is 3. The van der Waals surface area contributed by atoms with Crippen LogP contribution < -0.4 is 14.8 Å². The number of amides is 1. The van der Waals surface area contributed by atoms with Crippen molar-refractivity contribution in [2.45, 2.75) is 6.92 Å². The number of carbonyl (C=O) groups excluding carboxylic acids is 2. The molecule has 0 unspecified atom stereocenters. The molecule has 0 aliphatic heterocycles. The highest BCUT2D eigenvalue weighted by Gasteiger charge is 2.14. The van der Waals surface area contributed by atoms with Crippen molar-refractivity contribution in [1.29, 1.82) is 0 Å². The number of hydrogen-bond acceptors (Lipinski definition) is 7. The molecule has 0 radical (unpaired) electrons. The number of carbonyl (C=O) groups is 2. The van der Waals surface area contributed by atoms with E-state index in [1.165, 1.54) is 13.2 Å². The van der Waals surface area contributed by atoms with Crippen molar-refractivity contribution >= 4 is 29.0 Å². The lowest BCUT2D eigenvalue weighted by molar-refractivity contribution is -0.118. The molecule has 0 saturated carbocycles. The molecule has 0 aliphatic carbocycles. The van der Waals surface area contributed by atoms with E-state index in [0.29, 0.717) is 40.1 Å². The number of anilines is 1. The van der Waals surface area contributed by atoms with E-state index >= 15 is 0 Å². The van der Waals surface area contributed by atoms with Crippen LogP contribution >= 0.6 is 0 Å². The van der Waals surface area contributed by atoms with Crippen LogP contribution in [0.25, 0.3) is 11.2 Å². The largest absolute Gasteiger partial charge is 0.484 e. The molecule has 0 spiro atoms. The van der Waals surface area contributed by atoms with Crippen molar-refractivity contribution in [2.75, 3.05) is 19.0 Å². The van der Waals surface area contributed by atoms with Crippen molar-refractivity contribution < 1.29 is 23.8 Å². The van der Waals surface area contributed by atoms with Crippen LogP contribution in [0, 0.1) is 6.92 Å². The lowest BCUT2D eigenvalue weighted by Gasteiger charge is -2.08. The molecule has 1 amide bonds. The van der Waals surface area contributed by atoms with E-state index in [1.807, 2.05) is 31.2 Å². The number of imidazole rings is 1. The molecule has 0 aliphatic rings. The Balaban J connectivity index is 1.43. The minimum atomic E-state index is -0.483. The van der Waals surface area contributed by atoms with Gasteiger partial charge in [0.05, 0.1) is 12.7 Å². The number of pyridine rings is 1. The van der Waals surface area contributed by atoms with Gasteiger partial charge in [-0.1, -0.05) is 23.8 Å². The third-order valence-electron chi connectivity index (χ3n) is 4.81. The van der Waals surface area contributed by atoms with Gasteiger partial charge >= 0.3 is 5.97 Å². The van der Waals surface area contributed by atoms with Crippen LogP contribution in [0.5, 0.6) is 17.4 Å². The molecule has 0 atom stereocenters. The molecule has 9 nitrogen and oxygen atoms in total. The number of esters is 1. The Morgan fingerprint density at radius 2 is 1.79 bits per heavy atom. The van der Waals surface area contributed by atoms with E-state index in [9.17, 15) is 9.59 Å². The minimum absolute atomic E-state index is 0.261. The normalized spacial score (nSPS) is 10.6. The average molecular weight is 446 g/mol. The second kappa shape index (κ2) is 9.39. The number of fused-ring (bicyclic) bond motifs is 1. The predicted molar refractivity (Wildman–Crippen MR) is 122 cm³/mol. The standard InChI is InChI=1S/C24H22N4O5/c1-15-7-9-17(10-8-15)33-21-12-11-19-22(27-21)28(2)24(25-19)26-20(29)14-32-18-6-4-5-16(13-18)23(30)31-3/h4-13H,14H2,1-3H3,(H,25,26,29). The molecular weight excluding hydrogens is 424 g/mol. The molecule has 2 aromatic heterocycles. The van der Waals surface area contributed by atoms with Gasteiger partial charge in [0.1, 0.15) is 17.0 Å². The number of aromatic nitrogens is 3. The summed E-state index contributed by atoms with van der Waals surface area (Å²) < 4.78 is 17.7. The van der Waals surface area contributed by atoms with Crippen LogP contribution in [-0.4, -0.2) is 40.1 Å². The second-order valence-electron chi connectivity index (χ2n) is 7.26. The molecule has 2 aromatic carbocycles. The lowest BCUT2D eigenvalue weighted by atomic mass is 10.2. The van der Waals surface area contributed by atoms with Crippen molar-refractivity contribution in [3.8, 4) is 17.4 Å². The fraction of sp³-hybridized carbons (Fsp3) is 0.167. The summed E-state index contributed by atoms with van der Waals surface area (Å²) in [6.07, 6.45) is 0. The Bertz CT molecular complexity index is 1310. The zero-order valence-electron chi connectivity index (χ0n) is 18.4. The Morgan fingerprint density at radius 1 is 1.00 bits per heavy atom. The lowest BCUT2D eigenvalue weighted by Crippen LogP contribution is -2.22. The first-order valence-corrected chi connectivity index (χ1v) is 10.1. The molecule has 168 valence electrons. The molecular formula is C24H22N4O5. The Labute approximate surface area is 189 Å². The zero-order chi connectivity index (χ0) is 23.4. The number of benzene rings is 2. The number of nitrogens with one attached hydrogen (secondary N) is 1. The van der Waals surface area contributed by atoms with Crippen LogP contribution in [0.4, 0.5) is 5.95 Å². The summed E-state index contributed by atoms with van der Waals surface area (Å²) in [6, 6.07) is 17.6. The van der Waals surface area contributed by atoms with Gasteiger partial charge in [-0.25, -0.2) is 9.78 Å². The van der Waals surface area contributed by atoms with Gasteiger partial charge in [0, 0.05) is 13.1 Å². The van der Waals surface area contributed by atoms with Crippen LogP contribution in [-0.2, 0) is 16.6 Å². The van der Waals surface area contributed by atoms with E-state index in [1.54, 1.807) is 41.9 Å². The Morgan fingerprint density at radius 3 is 2.55 bits per heavy atom. The first-order valence-electron chi connectivity index (χ1n) is 10.1. The fourth-order valence-electron chi connectivity index (χ4n) is 3.08. The number of methoxy groups -OCH3 is 1.